The van der Waals surface area contributed by atoms with Gasteiger partial charge in [-0.05, 0) is 12.8 Å². The van der Waals surface area contributed by atoms with Gasteiger partial charge < -0.3 is 19.8 Å². The monoisotopic (exact) mass is 174 g/mol. The summed E-state index contributed by atoms with van der Waals surface area (Å²) in [6.45, 7) is 4.36. The van der Waals surface area contributed by atoms with E-state index in [-0.39, 0.29) is 0 Å². The number of carbonyl (C=O) groups is 2. The molecule has 0 amide bonds. The number of unbranched alkanes of at least 4 members (excludes halogenated alkanes) is 1. The Labute approximate surface area is 72.2 Å². The molecule has 0 aromatic heterocycles. The van der Waals surface area contributed by atoms with Crippen LogP contribution in [0.4, 0.5) is 0 Å². The van der Waals surface area contributed by atoms with Gasteiger partial charge in [0.05, 0.1) is 0 Å². The zero-order chi connectivity index (χ0) is 9.98. The lowest BCUT2D eigenvalue weighted by Crippen LogP contribution is -2.27. The van der Waals surface area contributed by atoms with E-state index < -0.39 is 24.8 Å². The zero-order valence-corrected chi connectivity index (χ0v) is 7.46. The maximum atomic E-state index is 9.50. The first-order valence-electron chi connectivity index (χ1n) is 3.94. The predicted molar refractivity (Wildman–Crippen MR) is 39.8 cm³/mol. The molecule has 0 aromatic carbocycles. The Hall–Kier alpha value is -1.06. The lowest BCUT2D eigenvalue weighted by Gasteiger charge is -2.00. The first kappa shape index (κ1) is 13.5. The highest BCUT2D eigenvalue weighted by Crippen LogP contribution is 1.81. The number of rotatable bonds is 4. The third-order valence-corrected chi connectivity index (χ3v) is 1.03. The molecule has 4 heteroatoms. The van der Waals surface area contributed by atoms with Crippen molar-refractivity contribution in [2.45, 2.75) is 39.5 Å². The average Bonchev–Trinajstić information content (AvgIpc) is 2.01. The summed E-state index contributed by atoms with van der Waals surface area (Å²) in [6, 6.07) is 0. The molecule has 0 saturated heterocycles. The third-order valence-electron chi connectivity index (χ3n) is 1.03. The standard InChI is InChI=1S/C4H6O4.C4H10/c5-3(6)1-2-4(7)8;1-3-4-2/h1-2H2,(H,5,6)(H,7,8);3-4H2,1-2H3/p-2. The van der Waals surface area contributed by atoms with E-state index in [0.717, 1.165) is 0 Å². The molecule has 4 nitrogen and oxygen atoms in total. The fourth-order valence-corrected chi connectivity index (χ4v) is 0.204. The molecule has 0 spiro atoms. The second-order valence-electron chi connectivity index (χ2n) is 2.24. The Morgan fingerprint density at radius 3 is 1.25 bits per heavy atom. The number of carbonyl (C=O) groups excluding carboxylic acids is 2. The van der Waals surface area contributed by atoms with Gasteiger partial charge in [-0.2, -0.15) is 0 Å². The molecule has 0 aliphatic carbocycles. The van der Waals surface area contributed by atoms with E-state index in [1.165, 1.54) is 12.8 Å². The molecule has 0 aliphatic heterocycles. The van der Waals surface area contributed by atoms with Gasteiger partial charge in [-0.15, -0.1) is 0 Å². The van der Waals surface area contributed by atoms with Crippen LogP contribution in [0.5, 0.6) is 0 Å². The lowest BCUT2D eigenvalue weighted by molar-refractivity contribution is -0.315. The zero-order valence-electron chi connectivity index (χ0n) is 7.46. The summed E-state index contributed by atoms with van der Waals surface area (Å²) in [6.07, 6.45) is 1.70. The number of carboxylic acid groups (broad SMARTS) is 2. The van der Waals surface area contributed by atoms with Crippen molar-refractivity contribution in [1.29, 1.82) is 0 Å². The quantitative estimate of drug-likeness (QED) is 0.551. The van der Waals surface area contributed by atoms with Crippen LogP contribution in [0.15, 0.2) is 0 Å². The van der Waals surface area contributed by atoms with Crippen LogP contribution in [0.2, 0.25) is 0 Å². The molecule has 0 bridgehead atoms. The van der Waals surface area contributed by atoms with Gasteiger partial charge in [0.15, 0.2) is 0 Å². The summed E-state index contributed by atoms with van der Waals surface area (Å²) in [7, 11) is 0. The van der Waals surface area contributed by atoms with Gasteiger partial charge in [-0.1, -0.05) is 26.7 Å². The first-order chi connectivity index (χ1) is 5.54. The van der Waals surface area contributed by atoms with Crippen LogP contribution in [-0.4, -0.2) is 11.9 Å². The van der Waals surface area contributed by atoms with Crippen LogP contribution in [0.25, 0.3) is 0 Å². The Bertz CT molecular complexity index is 115. The molecule has 0 rings (SSSR count). The molecule has 0 saturated carbocycles. The SMILES string of the molecule is CCCC.O=C([O-])CCC(=O)[O-]. The molecule has 0 atom stereocenters. The number of hydrogen-bond donors (Lipinski definition) is 0. The van der Waals surface area contributed by atoms with E-state index in [9.17, 15) is 19.8 Å². The predicted octanol–water partition coefficient (Wildman–Crippen LogP) is -0.927. The molecule has 12 heavy (non-hydrogen) atoms. The Balaban J connectivity index is 0. The van der Waals surface area contributed by atoms with Crippen LogP contribution >= 0.6 is 0 Å². The van der Waals surface area contributed by atoms with E-state index in [1.807, 2.05) is 0 Å². The molecule has 0 fully saturated rings. The van der Waals surface area contributed by atoms with Crippen molar-refractivity contribution in [2.24, 2.45) is 0 Å². The Morgan fingerprint density at radius 2 is 1.17 bits per heavy atom. The maximum absolute atomic E-state index is 9.50. The van der Waals surface area contributed by atoms with Crippen molar-refractivity contribution in [2.75, 3.05) is 0 Å². The third kappa shape index (κ3) is 23.1. The fourth-order valence-electron chi connectivity index (χ4n) is 0.204. The van der Waals surface area contributed by atoms with Gasteiger partial charge >= 0.3 is 0 Å². The molecule has 0 N–H and O–H groups in total. The maximum Gasteiger partial charge on any atom is 0.0418 e. The van der Waals surface area contributed by atoms with Crippen molar-refractivity contribution >= 4 is 11.9 Å². The van der Waals surface area contributed by atoms with Crippen LogP contribution in [0.3, 0.4) is 0 Å². The van der Waals surface area contributed by atoms with Gasteiger partial charge in [0.1, 0.15) is 0 Å². The van der Waals surface area contributed by atoms with Crippen molar-refractivity contribution in [3.8, 4) is 0 Å². The van der Waals surface area contributed by atoms with Gasteiger partial charge in [0.25, 0.3) is 0 Å². The minimum Gasteiger partial charge on any atom is -0.550 e. The van der Waals surface area contributed by atoms with Gasteiger partial charge in [0.2, 0.25) is 0 Å². The second kappa shape index (κ2) is 9.94. The highest BCUT2D eigenvalue weighted by Gasteiger charge is 1.85. The van der Waals surface area contributed by atoms with Crippen LogP contribution in [0.1, 0.15) is 39.5 Å². The minimum atomic E-state index is -1.37. The summed E-state index contributed by atoms with van der Waals surface area (Å²) in [4.78, 5) is 19.0. The molecule has 0 heterocycles. The van der Waals surface area contributed by atoms with E-state index in [4.69, 9.17) is 0 Å². The molecule has 0 radical (unpaired) electrons. The highest BCUT2D eigenvalue weighted by atomic mass is 16.4. The average molecular weight is 174 g/mol. The first-order valence-corrected chi connectivity index (χ1v) is 3.94. The molecule has 0 aliphatic rings. The number of aliphatic carboxylic acids is 2. The topological polar surface area (TPSA) is 80.3 Å². The van der Waals surface area contributed by atoms with Crippen molar-refractivity contribution < 1.29 is 19.8 Å². The molecule has 0 aromatic rings. The van der Waals surface area contributed by atoms with Crippen molar-refractivity contribution in [1.82, 2.24) is 0 Å². The largest absolute Gasteiger partial charge is 0.550 e. The summed E-state index contributed by atoms with van der Waals surface area (Å²) < 4.78 is 0. The molecule has 72 valence electrons. The lowest BCUT2D eigenvalue weighted by atomic mass is 10.3. The summed E-state index contributed by atoms with van der Waals surface area (Å²) in [5.41, 5.74) is 0. The summed E-state index contributed by atoms with van der Waals surface area (Å²) >= 11 is 0. The molecular formula is C8H14O4-2. The fraction of sp³-hybridized carbons (Fsp3) is 0.750. The molecule has 0 unspecified atom stereocenters. The summed E-state index contributed by atoms with van der Waals surface area (Å²) in [5, 5.41) is 19.0. The summed E-state index contributed by atoms with van der Waals surface area (Å²) in [5.74, 6) is -2.73. The van der Waals surface area contributed by atoms with E-state index in [2.05, 4.69) is 13.8 Å². The Kier molecular flexibility index (Phi) is 11.2. The van der Waals surface area contributed by atoms with Crippen molar-refractivity contribution in [3.63, 3.8) is 0 Å². The second-order valence-corrected chi connectivity index (χ2v) is 2.24. The van der Waals surface area contributed by atoms with Crippen LogP contribution < -0.4 is 10.2 Å². The molecular weight excluding hydrogens is 160 g/mol. The van der Waals surface area contributed by atoms with Crippen LogP contribution in [0, 0.1) is 0 Å². The highest BCUT2D eigenvalue weighted by molar-refractivity contribution is 5.72. The van der Waals surface area contributed by atoms with E-state index in [0.29, 0.717) is 0 Å². The van der Waals surface area contributed by atoms with E-state index in [1.54, 1.807) is 0 Å². The Morgan fingerprint density at radius 1 is 0.917 bits per heavy atom. The number of hydrogen-bond acceptors (Lipinski definition) is 4. The van der Waals surface area contributed by atoms with Crippen molar-refractivity contribution in [3.05, 3.63) is 0 Å². The minimum absolute atomic E-state index is 0.470. The van der Waals surface area contributed by atoms with Gasteiger partial charge in [0, 0.05) is 11.9 Å². The number of carboxylic acids is 2. The smallest absolute Gasteiger partial charge is 0.0418 e. The van der Waals surface area contributed by atoms with Gasteiger partial charge in [-0.25, -0.2) is 0 Å². The van der Waals surface area contributed by atoms with Crippen LogP contribution in [-0.2, 0) is 9.59 Å². The van der Waals surface area contributed by atoms with Gasteiger partial charge in [-0.3, -0.25) is 0 Å². The van der Waals surface area contributed by atoms with E-state index >= 15 is 0 Å². The normalized spacial score (nSPS) is 8.17.